The molecule has 0 N–H and O–H groups in total. The van der Waals surface area contributed by atoms with Gasteiger partial charge >= 0.3 is 0 Å². The number of amides is 2. The lowest BCUT2D eigenvalue weighted by atomic mass is 9.97. The molecule has 1 atom stereocenters. The Morgan fingerprint density at radius 1 is 0.903 bits per heavy atom. The summed E-state index contributed by atoms with van der Waals surface area (Å²) in [6, 6.07) is 7.64. The zero-order chi connectivity index (χ0) is 21.6. The Bertz CT molecular complexity index is 751. The number of ether oxygens (including phenoxy) is 1. The fourth-order valence-electron chi connectivity index (χ4n) is 5.38. The Labute approximate surface area is 187 Å². The van der Waals surface area contributed by atoms with Crippen LogP contribution in [0.25, 0.3) is 0 Å². The smallest absolute Gasteiger partial charge is 0.257 e. The molecular weight excluding hydrogens is 388 g/mol. The maximum Gasteiger partial charge on any atom is 0.257 e. The van der Waals surface area contributed by atoms with Gasteiger partial charge in [0.05, 0.1) is 12.2 Å². The minimum Gasteiger partial charge on any atom is -0.492 e. The Balaban J connectivity index is 1.31. The zero-order valence-electron chi connectivity index (χ0n) is 19.1. The fourth-order valence-corrected chi connectivity index (χ4v) is 5.38. The van der Waals surface area contributed by atoms with Crippen molar-refractivity contribution in [3.05, 3.63) is 29.8 Å². The van der Waals surface area contributed by atoms with Gasteiger partial charge in [0.25, 0.3) is 5.91 Å². The molecule has 3 fully saturated rings. The number of benzene rings is 1. The van der Waals surface area contributed by atoms with Crippen molar-refractivity contribution < 1.29 is 14.3 Å². The van der Waals surface area contributed by atoms with E-state index < -0.39 is 0 Å². The van der Waals surface area contributed by atoms with Crippen molar-refractivity contribution in [1.29, 1.82) is 0 Å². The molecule has 0 aromatic heterocycles. The number of carbonyl (C=O) groups is 2. The van der Waals surface area contributed by atoms with E-state index >= 15 is 0 Å². The van der Waals surface area contributed by atoms with E-state index in [-0.39, 0.29) is 5.91 Å². The summed E-state index contributed by atoms with van der Waals surface area (Å²) in [5, 5.41) is 0. The van der Waals surface area contributed by atoms with Crippen LogP contribution in [0.15, 0.2) is 24.3 Å². The summed E-state index contributed by atoms with van der Waals surface area (Å²) in [5.74, 6) is 2.72. The first-order valence-corrected chi connectivity index (χ1v) is 12.4. The number of rotatable bonds is 6. The molecule has 1 saturated carbocycles. The predicted molar refractivity (Wildman–Crippen MR) is 122 cm³/mol. The molecule has 0 spiro atoms. The summed E-state index contributed by atoms with van der Waals surface area (Å²) in [5.41, 5.74) is 0.669. The van der Waals surface area contributed by atoms with Crippen LogP contribution in [0.5, 0.6) is 5.75 Å². The molecule has 3 aliphatic rings. The van der Waals surface area contributed by atoms with Crippen LogP contribution in [0, 0.1) is 17.8 Å². The van der Waals surface area contributed by atoms with Gasteiger partial charge in [0, 0.05) is 38.5 Å². The van der Waals surface area contributed by atoms with Crippen LogP contribution in [0.3, 0.4) is 0 Å². The first kappa shape index (κ1) is 22.2. The third kappa shape index (κ3) is 5.81. The number of likely N-dealkylation sites (tertiary alicyclic amines) is 2. The van der Waals surface area contributed by atoms with E-state index in [2.05, 4.69) is 11.8 Å². The summed E-state index contributed by atoms with van der Waals surface area (Å²) in [6.07, 6.45) is 9.97. The van der Waals surface area contributed by atoms with E-state index in [1.165, 1.54) is 25.7 Å². The molecule has 170 valence electrons. The van der Waals surface area contributed by atoms with E-state index in [9.17, 15) is 9.59 Å². The van der Waals surface area contributed by atoms with Crippen molar-refractivity contribution in [2.75, 3.05) is 32.8 Å². The van der Waals surface area contributed by atoms with E-state index in [1.54, 1.807) is 0 Å². The quantitative estimate of drug-likeness (QED) is 0.659. The van der Waals surface area contributed by atoms with Crippen molar-refractivity contribution in [2.45, 2.75) is 64.7 Å². The third-order valence-corrected chi connectivity index (χ3v) is 7.47. The molecule has 1 aromatic carbocycles. The Morgan fingerprint density at radius 2 is 1.61 bits per heavy atom. The van der Waals surface area contributed by atoms with Gasteiger partial charge in [0.15, 0.2) is 0 Å². The molecule has 1 aromatic rings. The number of carbonyl (C=O) groups excluding carboxylic acids is 2. The van der Waals surface area contributed by atoms with Gasteiger partial charge in [0.2, 0.25) is 5.91 Å². The summed E-state index contributed by atoms with van der Waals surface area (Å²) in [6.45, 7) is 6.14. The lowest BCUT2D eigenvalue weighted by molar-refractivity contribution is -0.134. The molecule has 5 nitrogen and oxygen atoms in total. The number of nitrogens with zero attached hydrogens (tertiary/aromatic N) is 2. The second kappa shape index (κ2) is 10.5. The van der Waals surface area contributed by atoms with E-state index in [1.807, 2.05) is 29.2 Å². The highest BCUT2D eigenvalue weighted by molar-refractivity contribution is 5.97. The lowest BCUT2D eigenvalue weighted by Crippen LogP contribution is -2.42. The Hall–Kier alpha value is -2.04. The first-order valence-electron chi connectivity index (χ1n) is 12.4. The Morgan fingerprint density at radius 3 is 2.39 bits per heavy atom. The van der Waals surface area contributed by atoms with Crippen LogP contribution in [-0.2, 0) is 4.79 Å². The molecule has 2 heterocycles. The second-order valence-corrected chi connectivity index (χ2v) is 9.98. The van der Waals surface area contributed by atoms with Gasteiger partial charge in [-0.05, 0) is 62.5 Å². The standard InChI is InChI=1S/C26H38N2O3/c1-20-12-15-27(16-13-20)26(30)23-10-4-5-11-24(23)31-19-22-9-6-14-28(18-22)25(29)17-21-7-2-3-8-21/h4-5,10-11,20-22H,2-3,6-9,12-19H2,1H3. The minimum atomic E-state index is 0.0829. The molecule has 0 radical (unpaired) electrons. The Kier molecular flexibility index (Phi) is 7.52. The molecule has 1 unspecified atom stereocenters. The van der Waals surface area contributed by atoms with Gasteiger partial charge in [-0.15, -0.1) is 0 Å². The molecule has 2 saturated heterocycles. The van der Waals surface area contributed by atoms with Crippen LogP contribution in [0.1, 0.15) is 75.1 Å². The summed E-state index contributed by atoms with van der Waals surface area (Å²) in [7, 11) is 0. The minimum absolute atomic E-state index is 0.0829. The van der Waals surface area contributed by atoms with Crippen LogP contribution < -0.4 is 4.74 Å². The van der Waals surface area contributed by atoms with Crippen LogP contribution in [-0.4, -0.2) is 54.4 Å². The molecule has 31 heavy (non-hydrogen) atoms. The van der Waals surface area contributed by atoms with Crippen molar-refractivity contribution in [1.82, 2.24) is 9.80 Å². The van der Waals surface area contributed by atoms with E-state index in [0.717, 1.165) is 58.3 Å². The molecule has 1 aliphatic carbocycles. The fraction of sp³-hybridized carbons (Fsp3) is 0.692. The average Bonchev–Trinajstić information content (AvgIpc) is 3.31. The lowest BCUT2D eigenvalue weighted by Gasteiger charge is -2.33. The highest BCUT2D eigenvalue weighted by Crippen LogP contribution is 2.29. The van der Waals surface area contributed by atoms with Crippen molar-refractivity contribution in [2.24, 2.45) is 17.8 Å². The van der Waals surface area contributed by atoms with Gasteiger partial charge in [-0.1, -0.05) is 31.9 Å². The van der Waals surface area contributed by atoms with Gasteiger partial charge in [-0.2, -0.15) is 0 Å². The SMILES string of the molecule is CC1CCN(C(=O)c2ccccc2OCC2CCCN(C(=O)CC3CCCC3)C2)CC1. The van der Waals surface area contributed by atoms with E-state index in [0.29, 0.717) is 41.6 Å². The van der Waals surface area contributed by atoms with Gasteiger partial charge in [-0.25, -0.2) is 0 Å². The summed E-state index contributed by atoms with van der Waals surface area (Å²) >= 11 is 0. The maximum atomic E-state index is 13.1. The molecule has 4 rings (SSSR count). The predicted octanol–water partition coefficient (Wildman–Crippen LogP) is 4.76. The molecule has 0 bridgehead atoms. The third-order valence-electron chi connectivity index (χ3n) is 7.47. The maximum absolute atomic E-state index is 13.1. The van der Waals surface area contributed by atoms with Crippen LogP contribution in [0.2, 0.25) is 0 Å². The highest BCUT2D eigenvalue weighted by Gasteiger charge is 2.28. The topological polar surface area (TPSA) is 49.9 Å². The molecule has 5 heteroatoms. The van der Waals surface area contributed by atoms with Gasteiger partial charge in [0.1, 0.15) is 5.75 Å². The number of hydrogen-bond donors (Lipinski definition) is 0. The number of hydrogen-bond acceptors (Lipinski definition) is 3. The van der Waals surface area contributed by atoms with Crippen molar-refractivity contribution in [3.8, 4) is 5.75 Å². The van der Waals surface area contributed by atoms with Crippen molar-refractivity contribution in [3.63, 3.8) is 0 Å². The van der Waals surface area contributed by atoms with Gasteiger partial charge in [-0.3, -0.25) is 9.59 Å². The monoisotopic (exact) mass is 426 g/mol. The normalized spacial score (nSPS) is 23.2. The second-order valence-electron chi connectivity index (χ2n) is 9.98. The largest absolute Gasteiger partial charge is 0.492 e. The first-order chi connectivity index (χ1) is 15.1. The number of para-hydroxylation sites is 1. The van der Waals surface area contributed by atoms with Crippen LogP contribution >= 0.6 is 0 Å². The molecule has 2 aliphatic heterocycles. The molecular formula is C26H38N2O3. The van der Waals surface area contributed by atoms with Gasteiger partial charge < -0.3 is 14.5 Å². The molecule has 2 amide bonds. The average molecular weight is 427 g/mol. The summed E-state index contributed by atoms with van der Waals surface area (Å²) in [4.78, 5) is 29.8. The zero-order valence-corrected chi connectivity index (χ0v) is 19.1. The van der Waals surface area contributed by atoms with Crippen molar-refractivity contribution >= 4 is 11.8 Å². The highest BCUT2D eigenvalue weighted by atomic mass is 16.5. The number of piperidine rings is 2. The van der Waals surface area contributed by atoms with E-state index in [4.69, 9.17) is 4.74 Å². The van der Waals surface area contributed by atoms with Crippen LogP contribution in [0.4, 0.5) is 0 Å². The summed E-state index contributed by atoms with van der Waals surface area (Å²) < 4.78 is 6.19.